The third kappa shape index (κ3) is 3.46. The van der Waals surface area contributed by atoms with Gasteiger partial charge in [0.1, 0.15) is 22.9 Å². The van der Waals surface area contributed by atoms with Crippen LogP contribution in [0.3, 0.4) is 0 Å². The smallest absolute Gasteiger partial charge is 0.226 e. The Hall–Kier alpha value is -3.61. The maximum Gasteiger partial charge on any atom is 0.226 e. The molecule has 4 rings (SSSR count). The minimum atomic E-state index is -0.686. The van der Waals surface area contributed by atoms with Gasteiger partial charge in [0.25, 0.3) is 0 Å². The first-order valence-electron chi connectivity index (χ1n) is 10.1. The summed E-state index contributed by atoms with van der Waals surface area (Å²) < 4.78 is 12.5. The number of carbonyl (C=O) groups excluding carboxylic acids is 2. The van der Waals surface area contributed by atoms with Crippen molar-refractivity contribution in [2.45, 2.75) is 33.1 Å². The Morgan fingerprint density at radius 2 is 1.74 bits per heavy atom. The Morgan fingerprint density at radius 3 is 2.35 bits per heavy atom. The summed E-state index contributed by atoms with van der Waals surface area (Å²) in [5.41, 5.74) is 4.86. The number of ether oxygens (including phenoxy) is 2. The lowest BCUT2D eigenvalue weighted by Crippen LogP contribution is -2.29. The molecule has 0 saturated carbocycles. The van der Waals surface area contributed by atoms with E-state index >= 15 is 0 Å². The predicted octanol–water partition coefficient (Wildman–Crippen LogP) is 4.12. The van der Waals surface area contributed by atoms with Gasteiger partial charge in [-0.3, -0.25) is 9.59 Å². The van der Waals surface area contributed by atoms with Crippen molar-refractivity contribution in [2.24, 2.45) is 0 Å². The highest BCUT2D eigenvalue weighted by Gasteiger charge is 2.38. The molecular formula is C24H25N3O4. The molecule has 1 amide bonds. The second-order valence-corrected chi connectivity index (χ2v) is 7.73. The number of nitrogens with zero attached hydrogens (tertiary/aromatic N) is 2. The molecule has 0 spiro atoms. The highest BCUT2D eigenvalue weighted by molar-refractivity contribution is 6.10. The third-order valence-electron chi connectivity index (χ3n) is 5.83. The van der Waals surface area contributed by atoms with Crippen molar-refractivity contribution in [3.8, 4) is 17.2 Å². The molecule has 1 atom stereocenters. The normalized spacial score (nSPS) is 15.3. The van der Waals surface area contributed by atoms with Crippen LogP contribution < -0.4 is 14.8 Å². The van der Waals surface area contributed by atoms with E-state index in [0.717, 1.165) is 16.8 Å². The zero-order valence-electron chi connectivity index (χ0n) is 18.3. The van der Waals surface area contributed by atoms with Gasteiger partial charge in [0, 0.05) is 12.0 Å². The average molecular weight is 419 g/mol. The van der Waals surface area contributed by atoms with E-state index in [-0.39, 0.29) is 18.1 Å². The zero-order chi connectivity index (χ0) is 22.3. The molecule has 2 aromatic carbocycles. The summed E-state index contributed by atoms with van der Waals surface area (Å²) in [6.07, 6.45) is 0.0342. The Labute approximate surface area is 181 Å². The number of ketones is 1. The SMILES string of the molecule is COc1cccc(OC)c1C(=O)[C@@H]1CC(=O)Nc2c1c(C)nn2-c1ccc(C)c(C)c1. The van der Waals surface area contributed by atoms with Gasteiger partial charge in [0.05, 0.1) is 31.5 Å². The summed E-state index contributed by atoms with van der Waals surface area (Å²) in [5, 5.41) is 7.59. The lowest BCUT2D eigenvalue weighted by molar-refractivity contribution is -0.116. The van der Waals surface area contributed by atoms with Crippen LogP contribution in [-0.4, -0.2) is 35.7 Å². The fourth-order valence-electron chi connectivity index (χ4n) is 4.08. The highest BCUT2D eigenvalue weighted by Crippen LogP contribution is 2.41. The van der Waals surface area contributed by atoms with Gasteiger partial charge in [0.2, 0.25) is 5.91 Å². The number of aryl methyl sites for hydroxylation is 3. The van der Waals surface area contributed by atoms with E-state index in [4.69, 9.17) is 9.47 Å². The molecule has 1 N–H and O–H groups in total. The molecule has 0 saturated heterocycles. The monoisotopic (exact) mass is 419 g/mol. The number of anilines is 1. The predicted molar refractivity (Wildman–Crippen MR) is 118 cm³/mol. The number of nitrogens with one attached hydrogen (secondary N) is 1. The van der Waals surface area contributed by atoms with Crippen molar-refractivity contribution in [1.82, 2.24) is 9.78 Å². The van der Waals surface area contributed by atoms with Crippen LogP contribution in [0.5, 0.6) is 11.5 Å². The number of carbonyl (C=O) groups is 2. The van der Waals surface area contributed by atoms with E-state index in [1.54, 1.807) is 22.9 Å². The van der Waals surface area contributed by atoms with Crippen LogP contribution in [0.1, 0.15) is 45.1 Å². The highest BCUT2D eigenvalue weighted by atomic mass is 16.5. The lowest BCUT2D eigenvalue weighted by atomic mass is 9.85. The zero-order valence-corrected chi connectivity index (χ0v) is 18.3. The Bertz CT molecular complexity index is 1170. The number of hydrogen-bond donors (Lipinski definition) is 1. The van der Waals surface area contributed by atoms with Gasteiger partial charge < -0.3 is 14.8 Å². The number of rotatable bonds is 5. The fourth-order valence-corrected chi connectivity index (χ4v) is 4.08. The quantitative estimate of drug-likeness (QED) is 0.629. The van der Waals surface area contributed by atoms with E-state index in [9.17, 15) is 9.59 Å². The largest absolute Gasteiger partial charge is 0.496 e. The second kappa shape index (κ2) is 7.91. The molecule has 1 aromatic heterocycles. The molecule has 2 heterocycles. The van der Waals surface area contributed by atoms with Gasteiger partial charge in [-0.15, -0.1) is 0 Å². The molecule has 0 bridgehead atoms. The molecule has 31 heavy (non-hydrogen) atoms. The molecule has 3 aromatic rings. The van der Waals surface area contributed by atoms with E-state index in [1.165, 1.54) is 19.8 Å². The number of aromatic nitrogens is 2. The van der Waals surface area contributed by atoms with Crippen molar-refractivity contribution in [3.63, 3.8) is 0 Å². The van der Waals surface area contributed by atoms with E-state index in [1.807, 2.05) is 39.0 Å². The van der Waals surface area contributed by atoms with Gasteiger partial charge in [-0.1, -0.05) is 12.1 Å². The second-order valence-electron chi connectivity index (χ2n) is 7.73. The van der Waals surface area contributed by atoms with Gasteiger partial charge >= 0.3 is 0 Å². The molecule has 1 aliphatic rings. The lowest BCUT2D eigenvalue weighted by Gasteiger charge is -2.24. The summed E-state index contributed by atoms with van der Waals surface area (Å²) in [6, 6.07) is 11.2. The van der Waals surface area contributed by atoms with E-state index in [0.29, 0.717) is 28.6 Å². The first-order chi connectivity index (χ1) is 14.8. The Kier molecular flexibility index (Phi) is 5.27. The molecule has 0 fully saturated rings. The summed E-state index contributed by atoms with van der Waals surface area (Å²) >= 11 is 0. The number of hydrogen-bond acceptors (Lipinski definition) is 5. The van der Waals surface area contributed by atoms with Crippen LogP contribution in [0.15, 0.2) is 36.4 Å². The van der Waals surface area contributed by atoms with Crippen molar-refractivity contribution >= 4 is 17.5 Å². The Morgan fingerprint density at radius 1 is 1.06 bits per heavy atom. The minimum Gasteiger partial charge on any atom is -0.496 e. The maximum atomic E-state index is 13.7. The number of fused-ring (bicyclic) bond motifs is 1. The van der Waals surface area contributed by atoms with Crippen LogP contribution in [-0.2, 0) is 4.79 Å². The molecule has 160 valence electrons. The standard InChI is InChI=1S/C24H25N3O4/c1-13-9-10-16(11-14(13)2)27-24-21(15(3)26-27)17(12-20(28)25-24)23(29)22-18(30-4)7-6-8-19(22)31-5/h6-11,17H,12H2,1-5H3,(H,25,28)/t17-/m1/s1. The summed E-state index contributed by atoms with van der Waals surface area (Å²) in [5.74, 6) is 0.212. The van der Waals surface area contributed by atoms with Crippen molar-refractivity contribution in [2.75, 3.05) is 19.5 Å². The van der Waals surface area contributed by atoms with Gasteiger partial charge in [-0.05, 0) is 56.2 Å². The molecule has 7 heteroatoms. The summed E-state index contributed by atoms with van der Waals surface area (Å²) in [7, 11) is 3.02. The topological polar surface area (TPSA) is 82.4 Å². The van der Waals surface area contributed by atoms with Crippen LogP contribution in [0.2, 0.25) is 0 Å². The maximum absolute atomic E-state index is 13.7. The molecule has 1 aliphatic heterocycles. The van der Waals surface area contributed by atoms with Crippen molar-refractivity contribution < 1.29 is 19.1 Å². The molecule has 7 nitrogen and oxygen atoms in total. The summed E-state index contributed by atoms with van der Waals surface area (Å²) in [4.78, 5) is 26.3. The first-order valence-corrected chi connectivity index (χ1v) is 10.1. The van der Waals surface area contributed by atoms with Crippen LogP contribution in [0.4, 0.5) is 5.82 Å². The Balaban J connectivity index is 1.86. The van der Waals surface area contributed by atoms with Crippen LogP contribution >= 0.6 is 0 Å². The van der Waals surface area contributed by atoms with Crippen molar-refractivity contribution in [3.05, 3.63) is 64.3 Å². The van der Waals surface area contributed by atoms with E-state index < -0.39 is 5.92 Å². The summed E-state index contributed by atoms with van der Waals surface area (Å²) in [6.45, 7) is 5.92. The van der Waals surface area contributed by atoms with Crippen LogP contribution in [0, 0.1) is 20.8 Å². The molecular weight excluding hydrogens is 394 g/mol. The number of methoxy groups -OCH3 is 2. The number of amides is 1. The first kappa shape index (κ1) is 20.7. The third-order valence-corrected chi connectivity index (χ3v) is 5.83. The van der Waals surface area contributed by atoms with Gasteiger partial charge in [-0.25, -0.2) is 4.68 Å². The average Bonchev–Trinajstić information content (AvgIpc) is 3.10. The number of Topliss-reactive ketones (excluding diaryl/α,β-unsaturated/α-hetero) is 1. The van der Waals surface area contributed by atoms with Gasteiger partial charge in [0.15, 0.2) is 5.78 Å². The minimum absolute atomic E-state index is 0.0342. The fraction of sp³-hybridized carbons (Fsp3) is 0.292. The molecule has 0 aliphatic carbocycles. The molecule has 0 unspecified atom stereocenters. The van der Waals surface area contributed by atoms with Gasteiger partial charge in [-0.2, -0.15) is 5.10 Å². The van der Waals surface area contributed by atoms with Crippen molar-refractivity contribution in [1.29, 1.82) is 0 Å². The number of benzene rings is 2. The molecule has 0 radical (unpaired) electrons. The van der Waals surface area contributed by atoms with Crippen LogP contribution in [0.25, 0.3) is 5.69 Å². The van der Waals surface area contributed by atoms with E-state index in [2.05, 4.69) is 10.4 Å².